The maximum absolute atomic E-state index is 13.6. The Kier molecular flexibility index (Phi) is 3.94. The number of hydrogen-bond acceptors (Lipinski definition) is 2. The van der Waals surface area contributed by atoms with Crippen molar-refractivity contribution in [2.75, 3.05) is 0 Å². The Morgan fingerprint density at radius 3 is 2.45 bits per heavy atom. The molecule has 106 valence electrons. The highest BCUT2D eigenvalue weighted by Gasteiger charge is 2.34. The highest BCUT2D eigenvalue weighted by atomic mass is 35.5. The van der Waals surface area contributed by atoms with E-state index >= 15 is 0 Å². The van der Waals surface area contributed by atoms with Gasteiger partial charge in [0.25, 0.3) is 0 Å². The number of hydrogen-bond donors (Lipinski definition) is 0. The molecule has 0 aliphatic carbocycles. The largest absolute Gasteiger partial charge is 0.419 e. The van der Waals surface area contributed by atoms with Crippen LogP contribution in [0.2, 0.25) is 5.15 Å². The van der Waals surface area contributed by atoms with Gasteiger partial charge in [0.1, 0.15) is 17.3 Å². The van der Waals surface area contributed by atoms with Crippen molar-refractivity contribution >= 4 is 11.6 Å². The van der Waals surface area contributed by atoms with Crippen molar-refractivity contribution in [1.29, 1.82) is 0 Å². The van der Waals surface area contributed by atoms with Gasteiger partial charge in [0, 0.05) is 11.1 Å². The second-order valence-electron chi connectivity index (χ2n) is 4.04. The highest BCUT2D eigenvalue weighted by Crippen LogP contribution is 2.34. The molecule has 0 saturated heterocycles. The van der Waals surface area contributed by atoms with Gasteiger partial charge in [0.05, 0.1) is 11.3 Å². The average molecular weight is 305 g/mol. The minimum atomic E-state index is -4.72. The molecule has 20 heavy (non-hydrogen) atoms. The summed E-state index contributed by atoms with van der Waals surface area (Å²) >= 11 is 5.90. The van der Waals surface area contributed by atoms with Crippen LogP contribution in [-0.2, 0) is 12.6 Å². The van der Waals surface area contributed by atoms with Gasteiger partial charge in [-0.2, -0.15) is 13.2 Å². The van der Waals surface area contributed by atoms with Gasteiger partial charge in [-0.15, -0.1) is 0 Å². The summed E-state index contributed by atoms with van der Waals surface area (Å²) < 4.78 is 51.1. The minimum absolute atomic E-state index is 0.206. The second kappa shape index (κ2) is 5.36. The van der Waals surface area contributed by atoms with Crippen molar-refractivity contribution in [3.8, 4) is 11.3 Å². The Labute approximate surface area is 117 Å². The van der Waals surface area contributed by atoms with Crippen LogP contribution in [0.5, 0.6) is 0 Å². The van der Waals surface area contributed by atoms with E-state index in [-0.39, 0.29) is 10.7 Å². The quantitative estimate of drug-likeness (QED) is 0.602. The van der Waals surface area contributed by atoms with Crippen molar-refractivity contribution in [3.05, 3.63) is 46.6 Å². The van der Waals surface area contributed by atoms with Crippen molar-refractivity contribution in [2.24, 2.45) is 0 Å². The zero-order valence-corrected chi connectivity index (χ0v) is 11.1. The first kappa shape index (κ1) is 14.7. The molecule has 0 atom stereocenters. The molecule has 0 N–H and O–H groups in total. The molecule has 0 unspecified atom stereocenters. The molecule has 0 bridgehead atoms. The SMILES string of the molecule is CCc1c(Cl)ncnc1-c1ccc(C(F)(F)F)c(F)c1. The molecule has 0 aliphatic rings. The first-order valence-electron chi connectivity index (χ1n) is 5.71. The summed E-state index contributed by atoms with van der Waals surface area (Å²) in [5, 5.41) is 0.206. The second-order valence-corrected chi connectivity index (χ2v) is 4.40. The van der Waals surface area contributed by atoms with Gasteiger partial charge < -0.3 is 0 Å². The van der Waals surface area contributed by atoms with Crippen LogP contribution in [0.1, 0.15) is 18.1 Å². The first-order chi connectivity index (χ1) is 9.34. The van der Waals surface area contributed by atoms with E-state index < -0.39 is 17.6 Å². The summed E-state index contributed by atoms with van der Waals surface area (Å²) in [5.74, 6) is -1.34. The Bertz CT molecular complexity index is 641. The van der Waals surface area contributed by atoms with Crippen molar-refractivity contribution in [1.82, 2.24) is 9.97 Å². The molecule has 0 saturated carbocycles. The lowest BCUT2D eigenvalue weighted by atomic mass is 10.0. The van der Waals surface area contributed by atoms with Crippen LogP contribution < -0.4 is 0 Å². The standard InChI is InChI=1S/C13H9ClF4N2/c1-2-8-11(19-6-20-12(8)14)7-3-4-9(10(15)5-7)13(16,17)18/h3-6H,2H2,1H3. The summed E-state index contributed by atoms with van der Waals surface area (Å²) in [6.07, 6.45) is -3.05. The summed E-state index contributed by atoms with van der Waals surface area (Å²) in [5.41, 5.74) is -0.176. The maximum Gasteiger partial charge on any atom is 0.419 e. The van der Waals surface area contributed by atoms with E-state index in [0.717, 1.165) is 6.07 Å². The van der Waals surface area contributed by atoms with Crippen LogP contribution in [0.4, 0.5) is 17.6 Å². The van der Waals surface area contributed by atoms with Gasteiger partial charge in [-0.25, -0.2) is 14.4 Å². The van der Waals surface area contributed by atoms with E-state index in [1.807, 2.05) is 0 Å². The van der Waals surface area contributed by atoms with E-state index in [0.29, 0.717) is 23.7 Å². The van der Waals surface area contributed by atoms with E-state index in [1.165, 1.54) is 12.4 Å². The Hall–Kier alpha value is -1.69. The molecule has 0 aliphatic heterocycles. The fourth-order valence-electron chi connectivity index (χ4n) is 1.85. The predicted octanol–water partition coefficient (Wildman–Crippen LogP) is 4.52. The molecule has 0 fully saturated rings. The van der Waals surface area contributed by atoms with Crippen LogP contribution in [-0.4, -0.2) is 9.97 Å². The smallest absolute Gasteiger partial charge is 0.236 e. The van der Waals surface area contributed by atoms with Gasteiger partial charge in [-0.3, -0.25) is 0 Å². The molecule has 1 aromatic carbocycles. The number of nitrogens with zero attached hydrogens (tertiary/aromatic N) is 2. The Balaban J connectivity index is 2.56. The van der Waals surface area contributed by atoms with Crippen LogP contribution in [0.25, 0.3) is 11.3 Å². The lowest BCUT2D eigenvalue weighted by Crippen LogP contribution is -2.08. The fourth-order valence-corrected chi connectivity index (χ4v) is 2.11. The van der Waals surface area contributed by atoms with Crippen molar-refractivity contribution < 1.29 is 17.6 Å². The van der Waals surface area contributed by atoms with Crippen LogP contribution >= 0.6 is 11.6 Å². The summed E-state index contributed by atoms with van der Waals surface area (Å²) in [4.78, 5) is 7.77. The topological polar surface area (TPSA) is 25.8 Å². The molecule has 2 aromatic rings. The molecule has 2 rings (SSSR count). The number of benzene rings is 1. The third-order valence-electron chi connectivity index (χ3n) is 2.79. The molecule has 0 radical (unpaired) electrons. The first-order valence-corrected chi connectivity index (χ1v) is 6.09. The number of alkyl halides is 3. The normalized spacial score (nSPS) is 11.7. The summed E-state index contributed by atoms with van der Waals surface area (Å²) in [6, 6.07) is 2.67. The van der Waals surface area contributed by atoms with Crippen LogP contribution in [0.3, 0.4) is 0 Å². The Morgan fingerprint density at radius 2 is 1.90 bits per heavy atom. The highest BCUT2D eigenvalue weighted by molar-refractivity contribution is 6.30. The van der Waals surface area contributed by atoms with Gasteiger partial charge in [0.2, 0.25) is 0 Å². The molecular formula is C13H9ClF4N2. The summed E-state index contributed by atoms with van der Waals surface area (Å²) in [7, 11) is 0. The van der Waals surface area contributed by atoms with E-state index in [9.17, 15) is 17.6 Å². The Morgan fingerprint density at radius 1 is 1.20 bits per heavy atom. The third kappa shape index (κ3) is 2.75. The molecular weight excluding hydrogens is 296 g/mol. The van der Waals surface area contributed by atoms with Crippen LogP contribution in [0, 0.1) is 5.82 Å². The monoisotopic (exact) mass is 304 g/mol. The molecule has 7 heteroatoms. The van der Waals surface area contributed by atoms with E-state index in [4.69, 9.17) is 11.6 Å². The average Bonchev–Trinajstić information content (AvgIpc) is 2.36. The molecule has 1 heterocycles. The number of aromatic nitrogens is 2. The minimum Gasteiger partial charge on any atom is -0.236 e. The number of halogens is 5. The molecule has 1 aromatic heterocycles. The fraction of sp³-hybridized carbons (Fsp3) is 0.231. The zero-order valence-electron chi connectivity index (χ0n) is 10.3. The lowest BCUT2D eigenvalue weighted by Gasteiger charge is -2.11. The van der Waals surface area contributed by atoms with Crippen LogP contribution in [0.15, 0.2) is 24.5 Å². The predicted molar refractivity (Wildman–Crippen MR) is 66.8 cm³/mol. The summed E-state index contributed by atoms with van der Waals surface area (Å²) in [6.45, 7) is 1.80. The molecule has 2 nitrogen and oxygen atoms in total. The maximum atomic E-state index is 13.6. The zero-order chi connectivity index (χ0) is 14.9. The van der Waals surface area contributed by atoms with Gasteiger partial charge in [0.15, 0.2) is 0 Å². The van der Waals surface area contributed by atoms with Crippen molar-refractivity contribution in [2.45, 2.75) is 19.5 Å². The van der Waals surface area contributed by atoms with E-state index in [2.05, 4.69) is 9.97 Å². The lowest BCUT2D eigenvalue weighted by molar-refractivity contribution is -0.139. The van der Waals surface area contributed by atoms with Gasteiger partial charge in [-0.1, -0.05) is 24.6 Å². The van der Waals surface area contributed by atoms with Gasteiger partial charge in [-0.05, 0) is 18.6 Å². The van der Waals surface area contributed by atoms with E-state index in [1.54, 1.807) is 6.92 Å². The third-order valence-corrected chi connectivity index (χ3v) is 3.12. The van der Waals surface area contributed by atoms with Crippen molar-refractivity contribution in [3.63, 3.8) is 0 Å². The molecule has 0 spiro atoms. The molecule has 0 amide bonds. The number of rotatable bonds is 2. The van der Waals surface area contributed by atoms with Gasteiger partial charge >= 0.3 is 6.18 Å².